The number of benzene rings is 1. The van der Waals surface area contributed by atoms with Crippen molar-refractivity contribution in [3.8, 4) is 0 Å². The molecular weight excluding hydrogens is 226 g/mol. The van der Waals surface area contributed by atoms with Crippen molar-refractivity contribution >= 4 is 17.6 Å². The topological polar surface area (TPSA) is 49.3 Å². The van der Waals surface area contributed by atoms with Gasteiger partial charge in [0.1, 0.15) is 0 Å². The third kappa shape index (κ3) is 4.47. The van der Waals surface area contributed by atoms with Crippen molar-refractivity contribution in [3.63, 3.8) is 0 Å². The third-order valence-electron chi connectivity index (χ3n) is 2.13. The highest BCUT2D eigenvalue weighted by Crippen LogP contribution is 2.08. The van der Waals surface area contributed by atoms with Gasteiger partial charge in [-0.1, -0.05) is 29.8 Å². The number of aliphatic carboxylic acids is 1. The lowest BCUT2D eigenvalue weighted by atomic mass is 10.2. The average Bonchev–Trinajstić information content (AvgIpc) is 2.26. The minimum Gasteiger partial charge on any atom is -0.478 e. The largest absolute Gasteiger partial charge is 0.478 e. The minimum atomic E-state index is -0.881. The van der Waals surface area contributed by atoms with E-state index in [-0.39, 0.29) is 0 Å². The first-order valence-corrected chi connectivity index (χ1v) is 5.32. The first-order chi connectivity index (χ1) is 7.59. The maximum absolute atomic E-state index is 10.5. The molecule has 0 unspecified atom stereocenters. The van der Waals surface area contributed by atoms with Gasteiger partial charge in [-0.15, -0.1) is 0 Å². The van der Waals surface area contributed by atoms with Crippen molar-refractivity contribution < 1.29 is 9.90 Å². The van der Waals surface area contributed by atoms with Gasteiger partial charge in [0.05, 0.1) is 0 Å². The van der Waals surface area contributed by atoms with Crippen molar-refractivity contribution in [1.82, 2.24) is 5.32 Å². The van der Waals surface area contributed by atoms with Crippen LogP contribution in [-0.4, -0.2) is 17.6 Å². The summed E-state index contributed by atoms with van der Waals surface area (Å²) in [6, 6.07) is 7.53. The number of carbonyl (C=O) groups is 1. The van der Waals surface area contributed by atoms with Crippen LogP contribution in [0.4, 0.5) is 0 Å². The Morgan fingerprint density at radius 1 is 1.44 bits per heavy atom. The zero-order chi connectivity index (χ0) is 12.0. The summed E-state index contributed by atoms with van der Waals surface area (Å²) in [4.78, 5) is 10.5. The first kappa shape index (κ1) is 12.7. The fraction of sp³-hybridized carbons (Fsp3) is 0.250. The van der Waals surface area contributed by atoms with E-state index in [0.29, 0.717) is 23.7 Å². The van der Waals surface area contributed by atoms with E-state index in [1.165, 1.54) is 0 Å². The molecule has 0 atom stereocenters. The normalized spacial score (nSPS) is 11.5. The van der Waals surface area contributed by atoms with E-state index in [2.05, 4.69) is 5.32 Å². The summed E-state index contributed by atoms with van der Waals surface area (Å²) in [6.45, 7) is 2.81. The summed E-state index contributed by atoms with van der Waals surface area (Å²) in [7, 11) is 0. The van der Waals surface area contributed by atoms with Crippen LogP contribution in [-0.2, 0) is 11.3 Å². The Bertz CT molecular complexity index is 385. The summed E-state index contributed by atoms with van der Waals surface area (Å²) in [5, 5.41) is 12.5. The van der Waals surface area contributed by atoms with Crippen LogP contribution in [0.5, 0.6) is 0 Å². The van der Waals surface area contributed by atoms with Gasteiger partial charge in [0.15, 0.2) is 0 Å². The molecule has 0 bridgehead atoms. The van der Waals surface area contributed by atoms with Gasteiger partial charge in [-0.2, -0.15) is 0 Å². The fourth-order valence-electron chi connectivity index (χ4n) is 1.13. The Kier molecular flexibility index (Phi) is 5.02. The Morgan fingerprint density at radius 2 is 2.06 bits per heavy atom. The standard InChI is InChI=1S/C12H14ClNO2/c1-9(12(15)16)6-7-14-8-10-2-4-11(13)5-3-10/h2-6,14H,7-8H2,1H3,(H,15,16)/b9-6-. The zero-order valence-corrected chi connectivity index (χ0v) is 9.79. The number of halogens is 1. The predicted molar refractivity (Wildman–Crippen MR) is 64.6 cm³/mol. The molecule has 1 rings (SSSR count). The van der Waals surface area contributed by atoms with Gasteiger partial charge in [0.2, 0.25) is 0 Å². The maximum atomic E-state index is 10.5. The summed E-state index contributed by atoms with van der Waals surface area (Å²) >= 11 is 5.75. The summed E-state index contributed by atoms with van der Waals surface area (Å²) in [5.41, 5.74) is 1.47. The van der Waals surface area contributed by atoms with E-state index in [1.807, 2.05) is 24.3 Å². The molecular formula is C12H14ClNO2. The molecule has 1 aromatic carbocycles. The maximum Gasteiger partial charge on any atom is 0.330 e. The quantitative estimate of drug-likeness (QED) is 0.613. The molecule has 0 spiro atoms. The molecule has 0 amide bonds. The number of carboxylic acids is 1. The van der Waals surface area contributed by atoms with Crippen LogP contribution < -0.4 is 5.32 Å². The number of hydrogen-bond acceptors (Lipinski definition) is 2. The van der Waals surface area contributed by atoms with Crippen molar-refractivity contribution in [2.45, 2.75) is 13.5 Å². The van der Waals surface area contributed by atoms with Gasteiger partial charge in [-0.3, -0.25) is 0 Å². The average molecular weight is 240 g/mol. The molecule has 0 aromatic heterocycles. The lowest BCUT2D eigenvalue weighted by Gasteiger charge is -2.02. The van der Waals surface area contributed by atoms with Crippen molar-refractivity contribution in [1.29, 1.82) is 0 Å². The van der Waals surface area contributed by atoms with Crippen LogP contribution in [0.2, 0.25) is 5.02 Å². The number of rotatable bonds is 5. The van der Waals surface area contributed by atoms with Crippen LogP contribution in [0.1, 0.15) is 12.5 Å². The highest BCUT2D eigenvalue weighted by atomic mass is 35.5. The van der Waals surface area contributed by atoms with Gasteiger partial charge in [-0.05, 0) is 24.6 Å². The molecule has 0 aliphatic carbocycles. The van der Waals surface area contributed by atoms with Crippen LogP contribution >= 0.6 is 11.6 Å². The SMILES string of the molecule is C/C(=C/CNCc1ccc(Cl)cc1)C(=O)O. The Hall–Kier alpha value is -1.32. The highest BCUT2D eigenvalue weighted by molar-refractivity contribution is 6.30. The smallest absolute Gasteiger partial charge is 0.330 e. The van der Waals surface area contributed by atoms with Gasteiger partial charge in [0, 0.05) is 23.7 Å². The van der Waals surface area contributed by atoms with E-state index in [9.17, 15) is 4.79 Å². The molecule has 16 heavy (non-hydrogen) atoms. The summed E-state index contributed by atoms with van der Waals surface area (Å²) in [5.74, 6) is -0.881. The molecule has 4 heteroatoms. The molecule has 86 valence electrons. The van der Waals surface area contributed by atoms with Gasteiger partial charge >= 0.3 is 5.97 Å². The summed E-state index contributed by atoms with van der Waals surface area (Å²) in [6.07, 6.45) is 1.65. The lowest BCUT2D eigenvalue weighted by molar-refractivity contribution is -0.132. The third-order valence-corrected chi connectivity index (χ3v) is 2.38. The lowest BCUT2D eigenvalue weighted by Crippen LogP contribution is -2.14. The molecule has 1 aromatic rings. The van der Waals surface area contributed by atoms with Gasteiger partial charge in [0.25, 0.3) is 0 Å². The monoisotopic (exact) mass is 239 g/mol. The molecule has 0 fully saturated rings. The number of carboxylic acid groups (broad SMARTS) is 1. The first-order valence-electron chi connectivity index (χ1n) is 4.95. The van der Waals surface area contributed by atoms with E-state index in [1.54, 1.807) is 13.0 Å². The van der Waals surface area contributed by atoms with Gasteiger partial charge in [-0.25, -0.2) is 4.79 Å². The fourth-order valence-corrected chi connectivity index (χ4v) is 1.26. The zero-order valence-electron chi connectivity index (χ0n) is 9.03. The van der Waals surface area contributed by atoms with E-state index < -0.39 is 5.97 Å². The van der Waals surface area contributed by atoms with E-state index >= 15 is 0 Å². The second kappa shape index (κ2) is 6.30. The van der Waals surface area contributed by atoms with Crippen molar-refractivity contribution in [3.05, 3.63) is 46.5 Å². The van der Waals surface area contributed by atoms with Crippen LogP contribution in [0, 0.1) is 0 Å². The molecule has 0 aliphatic heterocycles. The number of hydrogen-bond donors (Lipinski definition) is 2. The molecule has 0 aliphatic rings. The van der Waals surface area contributed by atoms with Crippen molar-refractivity contribution in [2.75, 3.05) is 6.54 Å². The molecule has 0 heterocycles. The molecule has 2 N–H and O–H groups in total. The van der Waals surface area contributed by atoms with E-state index in [4.69, 9.17) is 16.7 Å². The second-order valence-corrected chi connectivity index (χ2v) is 3.89. The molecule has 0 saturated heterocycles. The summed E-state index contributed by atoms with van der Waals surface area (Å²) < 4.78 is 0. The Morgan fingerprint density at radius 3 is 2.62 bits per heavy atom. The molecule has 3 nitrogen and oxygen atoms in total. The minimum absolute atomic E-state index is 0.351. The predicted octanol–water partition coefficient (Wildman–Crippen LogP) is 2.46. The van der Waals surface area contributed by atoms with Crippen molar-refractivity contribution in [2.24, 2.45) is 0 Å². The number of nitrogens with one attached hydrogen (secondary N) is 1. The molecule has 0 saturated carbocycles. The van der Waals surface area contributed by atoms with Crippen LogP contribution in [0.15, 0.2) is 35.9 Å². The molecule has 0 radical (unpaired) electrons. The highest BCUT2D eigenvalue weighted by Gasteiger charge is 1.97. The second-order valence-electron chi connectivity index (χ2n) is 3.45. The van der Waals surface area contributed by atoms with E-state index in [0.717, 1.165) is 5.56 Å². The van der Waals surface area contributed by atoms with Gasteiger partial charge < -0.3 is 10.4 Å². The van der Waals surface area contributed by atoms with Crippen LogP contribution in [0.25, 0.3) is 0 Å². The Labute approximate surface area is 99.7 Å². The van der Waals surface area contributed by atoms with Crippen LogP contribution in [0.3, 0.4) is 0 Å². The Balaban J connectivity index is 2.34.